The maximum atomic E-state index is 14.3. The average molecular weight is 548 g/mol. The van der Waals surface area contributed by atoms with E-state index in [9.17, 15) is 19.1 Å². The van der Waals surface area contributed by atoms with Crippen molar-refractivity contribution in [2.24, 2.45) is 5.73 Å². The molecular formula is C30H34FN5O4. The molecule has 210 valence electrons. The van der Waals surface area contributed by atoms with E-state index in [1.165, 1.54) is 15.2 Å². The first-order valence-electron chi connectivity index (χ1n) is 14.0. The van der Waals surface area contributed by atoms with Crippen molar-refractivity contribution >= 4 is 16.7 Å². The van der Waals surface area contributed by atoms with Crippen molar-refractivity contribution in [1.82, 2.24) is 19.0 Å². The number of fused-ring (bicyclic) bond motifs is 1. The topological polar surface area (TPSA) is 116 Å². The minimum atomic E-state index is -0.626. The molecule has 3 heterocycles. The number of hydrogen-bond donors (Lipinski definition) is 2. The van der Waals surface area contributed by atoms with Gasteiger partial charge in [-0.25, -0.2) is 18.7 Å². The lowest BCUT2D eigenvalue weighted by Crippen LogP contribution is -2.44. The number of hydrogen-bond acceptors (Lipinski definition) is 7. The highest BCUT2D eigenvalue weighted by molar-refractivity contribution is 5.78. The largest absolute Gasteiger partial charge is 0.508 e. The number of morpholine rings is 1. The Morgan fingerprint density at radius 3 is 2.65 bits per heavy atom. The number of aromatic hydroxyl groups is 1. The molecule has 10 heteroatoms. The molecule has 6 rings (SSSR count). The number of halogens is 1. The van der Waals surface area contributed by atoms with Gasteiger partial charge in [0.05, 0.1) is 24.8 Å². The van der Waals surface area contributed by atoms with Gasteiger partial charge in [0.1, 0.15) is 11.6 Å². The van der Waals surface area contributed by atoms with Crippen LogP contribution in [0.4, 0.5) is 4.39 Å². The molecule has 2 aliphatic carbocycles. The molecule has 0 spiro atoms. The Kier molecular flexibility index (Phi) is 7.39. The van der Waals surface area contributed by atoms with Crippen LogP contribution in [0.3, 0.4) is 0 Å². The number of nitrogens with two attached hydrogens (primary N) is 1. The fourth-order valence-electron chi connectivity index (χ4n) is 6.26. The number of phenolic OH excluding ortho intramolecular Hbond substituents is 1. The SMILES string of the molecule is N[C@H]1CC[C@@H](n2c(=O)c3cc(F)cnc3n(C3=CC=CC(c4ccc(O)cc4CN4CCOCC4)C3)c2=O)CC1. The summed E-state index contributed by atoms with van der Waals surface area (Å²) < 4.78 is 22.5. The van der Waals surface area contributed by atoms with Gasteiger partial charge in [-0.3, -0.25) is 14.3 Å². The number of allylic oxidation sites excluding steroid dienone is 4. The van der Waals surface area contributed by atoms with Crippen LogP contribution in [0.5, 0.6) is 5.75 Å². The molecule has 9 nitrogen and oxygen atoms in total. The number of ether oxygens (including phenoxy) is 1. The zero-order chi connectivity index (χ0) is 27.8. The molecular weight excluding hydrogens is 513 g/mol. The predicted octanol–water partition coefficient (Wildman–Crippen LogP) is 3.26. The van der Waals surface area contributed by atoms with Crippen molar-refractivity contribution in [2.45, 2.75) is 56.7 Å². The van der Waals surface area contributed by atoms with Gasteiger partial charge in [-0.1, -0.05) is 18.2 Å². The van der Waals surface area contributed by atoms with Crippen LogP contribution in [0.25, 0.3) is 16.7 Å². The highest BCUT2D eigenvalue weighted by atomic mass is 19.1. The minimum Gasteiger partial charge on any atom is -0.508 e. The molecule has 1 aliphatic heterocycles. The zero-order valence-electron chi connectivity index (χ0n) is 22.3. The Hall–Kier alpha value is -3.60. The van der Waals surface area contributed by atoms with Crippen LogP contribution >= 0.6 is 0 Å². The third-order valence-electron chi connectivity index (χ3n) is 8.37. The van der Waals surface area contributed by atoms with Crippen LogP contribution in [0.1, 0.15) is 55.2 Å². The first kappa shape index (κ1) is 26.6. The van der Waals surface area contributed by atoms with Gasteiger partial charge in [0.15, 0.2) is 5.65 Å². The number of rotatable bonds is 5. The van der Waals surface area contributed by atoms with E-state index in [-0.39, 0.29) is 34.8 Å². The van der Waals surface area contributed by atoms with Crippen LogP contribution in [0, 0.1) is 5.82 Å². The van der Waals surface area contributed by atoms with Crippen molar-refractivity contribution < 1.29 is 14.2 Å². The number of benzene rings is 1. The lowest BCUT2D eigenvalue weighted by atomic mass is 9.87. The summed E-state index contributed by atoms with van der Waals surface area (Å²) in [6.07, 6.45) is 10.0. The Balaban J connectivity index is 1.40. The van der Waals surface area contributed by atoms with Gasteiger partial charge in [-0.05, 0) is 67.5 Å². The predicted molar refractivity (Wildman–Crippen MR) is 151 cm³/mol. The average Bonchev–Trinajstić information content (AvgIpc) is 2.95. The number of phenols is 1. The lowest BCUT2D eigenvalue weighted by molar-refractivity contribution is 0.0340. The third kappa shape index (κ3) is 5.14. The maximum absolute atomic E-state index is 14.3. The van der Waals surface area contributed by atoms with E-state index in [1.807, 2.05) is 18.2 Å². The van der Waals surface area contributed by atoms with E-state index in [0.717, 1.165) is 43.3 Å². The second-order valence-electron chi connectivity index (χ2n) is 11.0. The standard InChI is InChI=1S/C30H34FN5O4/c31-21-16-27-28(33-17-21)35(30(39)36(29(27)38)23-6-4-22(32)5-7-23)24-3-1-2-19(14-24)26-9-8-25(37)15-20(26)18-34-10-12-40-13-11-34/h1-3,8-9,15-17,19,22-23,37H,4-7,10-14,18,32H2/t19?,22-,23+. The van der Waals surface area contributed by atoms with Crippen molar-refractivity contribution in [3.8, 4) is 5.75 Å². The van der Waals surface area contributed by atoms with Crippen molar-refractivity contribution in [2.75, 3.05) is 26.3 Å². The van der Waals surface area contributed by atoms with Gasteiger partial charge >= 0.3 is 5.69 Å². The second kappa shape index (κ2) is 11.1. The smallest absolute Gasteiger partial charge is 0.337 e. The molecule has 3 N–H and O–H groups in total. The molecule has 0 bridgehead atoms. The minimum absolute atomic E-state index is 0.0534. The molecule has 3 aromatic rings. The van der Waals surface area contributed by atoms with E-state index in [2.05, 4.69) is 16.0 Å². The van der Waals surface area contributed by atoms with Crippen molar-refractivity contribution in [3.05, 3.63) is 86.5 Å². The summed E-state index contributed by atoms with van der Waals surface area (Å²) in [5, 5.41) is 10.4. The van der Waals surface area contributed by atoms with Gasteiger partial charge in [-0.2, -0.15) is 0 Å². The summed E-state index contributed by atoms with van der Waals surface area (Å²) in [4.78, 5) is 34.1. The van der Waals surface area contributed by atoms with Crippen LogP contribution in [0.2, 0.25) is 0 Å². The molecule has 2 aromatic heterocycles. The molecule has 40 heavy (non-hydrogen) atoms. The Morgan fingerprint density at radius 1 is 1.10 bits per heavy atom. The van der Waals surface area contributed by atoms with Crippen molar-refractivity contribution in [3.63, 3.8) is 0 Å². The molecule has 1 atom stereocenters. The third-order valence-corrected chi connectivity index (χ3v) is 8.37. The van der Waals surface area contributed by atoms with Gasteiger partial charge in [0, 0.05) is 43.3 Å². The monoisotopic (exact) mass is 547 g/mol. The summed E-state index contributed by atoms with van der Waals surface area (Å²) in [6.45, 7) is 3.66. The van der Waals surface area contributed by atoms with Gasteiger partial charge in [-0.15, -0.1) is 0 Å². The molecule has 2 fully saturated rings. The number of nitrogens with zero attached hydrogens (tertiary/aromatic N) is 4. The van der Waals surface area contributed by atoms with Crippen LogP contribution in [-0.4, -0.2) is 56.5 Å². The number of aromatic nitrogens is 3. The molecule has 0 radical (unpaired) electrons. The van der Waals surface area contributed by atoms with Gasteiger partial charge in [0.2, 0.25) is 0 Å². The van der Waals surface area contributed by atoms with E-state index >= 15 is 0 Å². The summed E-state index contributed by atoms with van der Waals surface area (Å²) in [7, 11) is 0. The van der Waals surface area contributed by atoms with Gasteiger partial charge in [0.25, 0.3) is 5.56 Å². The molecule has 1 saturated carbocycles. The molecule has 1 saturated heterocycles. The van der Waals surface area contributed by atoms with Crippen LogP contribution < -0.4 is 17.0 Å². The summed E-state index contributed by atoms with van der Waals surface area (Å²) in [5.74, 6) is -0.498. The van der Waals surface area contributed by atoms with Crippen molar-refractivity contribution in [1.29, 1.82) is 0 Å². The highest BCUT2D eigenvalue weighted by Gasteiger charge is 2.28. The normalized spacial score (nSPS) is 23.9. The quantitative estimate of drug-likeness (QED) is 0.504. The van der Waals surface area contributed by atoms with E-state index in [0.29, 0.717) is 44.7 Å². The van der Waals surface area contributed by atoms with Crippen LogP contribution in [-0.2, 0) is 11.3 Å². The van der Waals surface area contributed by atoms with Gasteiger partial charge < -0.3 is 15.6 Å². The molecule has 0 amide bonds. The van der Waals surface area contributed by atoms with E-state index in [4.69, 9.17) is 10.5 Å². The fourth-order valence-corrected chi connectivity index (χ4v) is 6.26. The summed E-state index contributed by atoms with van der Waals surface area (Å²) in [5.41, 5.74) is 8.00. The Bertz CT molecular complexity index is 1600. The Labute approximate surface area is 231 Å². The molecule has 3 aliphatic rings. The molecule has 1 aromatic carbocycles. The number of pyridine rings is 1. The fraction of sp³-hybridized carbons (Fsp3) is 0.433. The first-order chi connectivity index (χ1) is 19.4. The first-order valence-corrected chi connectivity index (χ1v) is 14.0. The van der Waals surface area contributed by atoms with E-state index < -0.39 is 17.1 Å². The van der Waals surface area contributed by atoms with E-state index in [1.54, 1.807) is 12.1 Å². The lowest BCUT2D eigenvalue weighted by Gasteiger charge is -2.30. The highest BCUT2D eigenvalue weighted by Crippen LogP contribution is 2.35. The summed E-state index contributed by atoms with van der Waals surface area (Å²) >= 11 is 0. The zero-order valence-corrected chi connectivity index (χ0v) is 22.3. The van der Waals surface area contributed by atoms with Crippen LogP contribution in [0.15, 0.2) is 58.3 Å². The second-order valence-corrected chi connectivity index (χ2v) is 11.0. The molecule has 1 unspecified atom stereocenters. The summed E-state index contributed by atoms with van der Waals surface area (Å²) in [6, 6.07) is 6.34. The Morgan fingerprint density at radius 2 is 1.88 bits per heavy atom. The maximum Gasteiger partial charge on any atom is 0.337 e.